The first-order valence-electron chi connectivity index (χ1n) is 5.69. The number of nitro groups is 1. The molecule has 0 unspecified atom stereocenters. The third-order valence-corrected chi connectivity index (χ3v) is 3.28. The van der Waals surface area contributed by atoms with Gasteiger partial charge in [0.25, 0.3) is 0 Å². The fourth-order valence-electron chi connectivity index (χ4n) is 2.17. The van der Waals surface area contributed by atoms with Crippen LogP contribution in [-0.2, 0) is 7.05 Å². The van der Waals surface area contributed by atoms with Gasteiger partial charge in [0.2, 0.25) is 11.6 Å². The van der Waals surface area contributed by atoms with E-state index < -0.39 is 4.92 Å². The number of aromatic nitrogens is 2. The van der Waals surface area contributed by atoms with E-state index in [1.54, 1.807) is 18.5 Å². The number of piperidine rings is 1. The van der Waals surface area contributed by atoms with Crippen molar-refractivity contribution >= 4 is 11.6 Å². The van der Waals surface area contributed by atoms with Gasteiger partial charge in [0.15, 0.2) is 0 Å². The van der Waals surface area contributed by atoms with Crippen LogP contribution in [0.3, 0.4) is 0 Å². The van der Waals surface area contributed by atoms with Gasteiger partial charge in [-0.1, -0.05) is 0 Å². The normalized spacial score (nSPS) is 17.5. The van der Waals surface area contributed by atoms with E-state index in [1.165, 1.54) is 0 Å². The third-order valence-electron chi connectivity index (χ3n) is 3.28. The Morgan fingerprint density at radius 3 is 2.59 bits per heavy atom. The van der Waals surface area contributed by atoms with Crippen molar-refractivity contribution in [3.63, 3.8) is 0 Å². The summed E-state index contributed by atoms with van der Waals surface area (Å²) in [6, 6.07) is 0.208. The number of anilines is 1. The van der Waals surface area contributed by atoms with Crippen molar-refractivity contribution in [2.24, 2.45) is 12.8 Å². The molecule has 7 nitrogen and oxygen atoms in total. The predicted octanol–water partition coefficient (Wildman–Crippen LogP) is 0.564. The van der Waals surface area contributed by atoms with Gasteiger partial charge in [-0.05, 0) is 22.7 Å². The summed E-state index contributed by atoms with van der Waals surface area (Å²) >= 11 is 0. The van der Waals surface area contributed by atoms with Gasteiger partial charge in [0, 0.05) is 33.1 Å². The molecule has 1 aliphatic rings. The van der Waals surface area contributed by atoms with Gasteiger partial charge in [0.1, 0.15) is 0 Å². The van der Waals surface area contributed by atoms with Crippen molar-refractivity contribution in [1.82, 2.24) is 9.55 Å². The van der Waals surface area contributed by atoms with Crippen LogP contribution >= 0.6 is 0 Å². The largest absolute Gasteiger partial charge is 0.406 e. The predicted molar refractivity (Wildman–Crippen MR) is 64.0 cm³/mol. The zero-order valence-electron chi connectivity index (χ0n) is 10.1. The van der Waals surface area contributed by atoms with Crippen molar-refractivity contribution in [3.05, 3.63) is 15.9 Å². The van der Waals surface area contributed by atoms with Crippen molar-refractivity contribution in [2.45, 2.75) is 25.8 Å². The number of imidazole rings is 1. The summed E-state index contributed by atoms with van der Waals surface area (Å²) < 4.78 is 1.77. The highest BCUT2D eigenvalue weighted by Gasteiger charge is 2.30. The fourth-order valence-corrected chi connectivity index (χ4v) is 2.17. The topological polar surface area (TPSA) is 90.2 Å². The number of rotatable bonds is 2. The van der Waals surface area contributed by atoms with E-state index in [4.69, 9.17) is 5.73 Å². The summed E-state index contributed by atoms with van der Waals surface area (Å²) in [5.74, 6) is 1.20. The first-order chi connectivity index (χ1) is 8.00. The van der Waals surface area contributed by atoms with Crippen molar-refractivity contribution in [2.75, 3.05) is 18.0 Å². The molecule has 2 N–H and O–H groups in total. The zero-order chi connectivity index (χ0) is 12.6. The van der Waals surface area contributed by atoms with Gasteiger partial charge >= 0.3 is 5.82 Å². The summed E-state index contributed by atoms with van der Waals surface area (Å²) in [5.41, 5.74) is 5.83. The maximum Gasteiger partial charge on any atom is 0.406 e. The molecule has 1 aromatic heterocycles. The quantitative estimate of drug-likeness (QED) is 0.601. The average Bonchev–Trinajstić information content (AvgIpc) is 2.57. The maximum atomic E-state index is 11.0. The Morgan fingerprint density at radius 1 is 1.47 bits per heavy atom. The molecular weight excluding hydrogens is 222 g/mol. The Balaban J connectivity index is 2.33. The number of nitrogens with zero attached hydrogens (tertiary/aromatic N) is 4. The van der Waals surface area contributed by atoms with Crippen LogP contribution in [0.5, 0.6) is 0 Å². The summed E-state index contributed by atoms with van der Waals surface area (Å²) in [5, 5.41) is 11.0. The molecule has 0 aromatic carbocycles. The minimum Gasteiger partial charge on any atom is -0.358 e. The number of nitrogens with two attached hydrogens (primary N) is 1. The van der Waals surface area contributed by atoms with E-state index in [0.717, 1.165) is 25.9 Å². The fraction of sp³-hybridized carbons (Fsp3) is 0.700. The van der Waals surface area contributed by atoms with Crippen molar-refractivity contribution < 1.29 is 4.92 Å². The number of hydrogen-bond donors (Lipinski definition) is 1. The lowest BCUT2D eigenvalue weighted by atomic mass is 10.1. The van der Waals surface area contributed by atoms with Crippen LogP contribution in [-0.4, -0.2) is 33.6 Å². The third kappa shape index (κ3) is 2.10. The molecule has 0 radical (unpaired) electrons. The highest BCUT2D eigenvalue weighted by atomic mass is 16.6. The van der Waals surface area contributed by atoms with Gasteiger partial charge in [-0.15, -0.1) is 0 Å². The second-order valence-corrected chi connectivity index (χ2v) is 4.45. The molecule has 0 aliphatic carbocycles. The molecule has 17 heavy (non-hydrogen) atoms. The van der Waals surface area contributed by atoms with E-state index in [-0.39, 0.29) is 11.9 Å². The van der Waals surface area contributed by atoms with E-state index in [2.05, 4.69) is 4.98 Å². The molecule has 1 fully saturated rings. The molecule has 0 spiro atoms. The monoisotopic (exact) mass is 239 g/mol. The smallest absolute Gasteiger partial charge is 0.358 e. The molecule has 1 aromatic rings. The highest BCUT2D eigenvalue weighted by Crippen LogP contribution is 2.29. The van der Waals surface area contributed by atoms with Crippen molar-refractivity contribution in [3.8, 4) is 0 Å². The first kappa shape index (κ1) is 11.8. The molecule has 0 atom stereocenters. The van der Waals surface area contributed by atoms with Gasteiger partial charge in [0.05, 0.1) is 0 Å². The van der Waals surface area contributed by atoms with Crippen LogP contribution < -0.4 is 10.6 Å². The number of hydrogen-bond acceptors (Lipinski definition) is 5. The Labute approximate surface area is 99.4 Å². The lowest BCUT2D eigenvalue weighted by Crippen LogP contribution is -2.40. The molecule has 2 rings (SSSR count). The lowest BCUT2D eigenvalue weighted by molar-refractivity contribution is -0.388. The van der Waals surface area contributed by atoms with Crippen LogP contribution in [0.15, 0.2) is 0 Å². The Bertz CT molecular complexity index is 434. The van der Waals surface area contributed by atoms with E-state index in [1.807, 2.05) is 4.90 Å². The van der Waals surface area contributed by atoms with Gasteiger partial charge in [-0.2, -0.15) is 0 Å². The standard InChI is InChI=1S/C10H17N5O2/c1-7-12-9(15(16)17)10(13(7)2)14-5-3-8(11)4-6-14/h8H,3-6,11H2,1-2H3. The molecule has 2 heterocycles. The van der Waals surface area contributed by atoms with Gasteiger partial charge < -0.3 is 20.7 Å². The van der Waals surface area contributed by atoms with E-state index >= 15 is 0 Å². The molecule has 94 valence electrons. The van der Waals surface area contributed by atoms with Crippen molar-refractivity contribution in [1.29, 1.82) is 0 Å². The summed E-state index contributed by atoms with van der Waals surface area (Å²) in [4.78, 5) is 16.5. The van der Waals surface area contributed by atoms with Crippen LogP contribution in [0.1, 0.15) is 18.7 Å². The highest BCUT2D eigenvalue weighted by molar-refractivity contribution is 5.56. The average molecular weight is 239 g/mol. The summed E-state index contributed by atoms with van der Waals surface area (Å²) in [7, 11) is 1.80. The summed E-state index contributed by atoms with van der Waals surface area (Å²) in [6.45, 7) is 3.27. The Kier molecular flexibility index (Phi) is 3.01. The van der Waals surface area contributed by atoms with Gasteiger partial charge in [-0.25, -0.2) is 0 Å². The molecule has 1 aliphatic heterocycles. The number of aryl methyl sites for hydroxylation is 1. The molecule has 0 saturated carbocycles. The minimum atomic E-state index is -0.420. The van der Waals surface area contributed by atoms with Crippen LogP contribution in [0, 0.1) is 17.0 Å². The maximum absolute atomic E-state index is 11.0. The van der Waals surface area contributed by atoms with E-state index in [0.29, 0.717) is 11.6 Å². The molecular formula is C10H17N5O2. The molecule has 0 bridgehead atoms. The minimum absolute atomic E-state index is 0.0551. The Morgan fingerprint density at radius 2 is 2.06 bits per heavy atom. The molecule has 7 heteroatoms. The second-order valence-electron chi connectivity index (χ2n) is 4.45. The SMILES string of the molecule is Cc1nc([N+](=O)[O-])c(N2CCC(N)CC2)n1C. The molecule has 0 amide bonds. The second kappa shape index (κ2) is 4.33. The first-order valence-corrected chi connectivity index (χ1v) is 5.69. The van der Waals surface area contributed by atoms with Crippen LogP contribution in [0.25, 0.3) is 0 Å². The zero-order valence-corrected chi connectivity index (χ0v) is 10.1. The summed E-state index contributed by atoms with van der Waals surface area (Å²) in [6.07, 6.45) is 1.72. The van der Waals surface area contributed by atoms with Crippen LogP contribution in [0.4, 0.5) is 11.6 Å². The molecule has 1 saturated heterocycles. The Hall–Kier alpha value is -1.63. The van der Waals surface area contributed by atoms with Gasteiger partial charge in [-0.3, -0.25) is 4.57 Å². The van der Waals surface area contributed by atoms with Crippen LogP contribution in [0.2, 0.25) is 0 Å². The lowest BCUT2D eigenvalue weighted by Gasteiger charge is -2.30. The van der Waals surface area contributed by atoms with E-state index in [9.17, 15) is 10.1 Å².